The fourth-order valence-electron chi connectivity index (χ4n) is 2.40. The number of ether oxygens (including phenoxy) is 1. The highest BCUT2D eigenvalue weighted by atomic mass is 16.5. The molecule has 0 spiro atoms. The molecule has 3 rings (SSSR count). The van der Waals surface area contributed by atoms with Crippen molar-refractivity contribution in [3.8, 4) is 0 Å². The number of hydrogen-bond donors (Lipinski definition) is 0. The predicted octanol–water partition coefficient (Wildman–Crippen LogP) is 0.938. The zero-order valence-electron chi connectivity index (χ0n) is 11.5. The normalized spacial score (nSPS) is 18.7. The van der Waals surface area contributed by atoms with Crippen molar-refractivity contribution < 1.29 is 13.9 Å². The molecule has 2 aromatic heterocycles. The molecule has 1 amide bonds. The van der Waals surface area contributed by atoms with Gasteiger partial charge in [0, 0.05) is 25.1 Å². The maximum Gasteiger partial charge on any atom is 0.291 e. The molecule has 110 valence electrons. The third-order valence-electron chi connectivity index (χ3n) is 3.48. The Morgan fingerprint density at radius 3 is 3.05 bits per heavy atom. The van der Waals surface area contributed by atoms with E-state index in [1.165, 1.54) is 12.6 Å². The second-order valence-corrected chi connectivity index (χ2v) is 4.83. The number of carbonyl (C=O) groups is 1. The van der Waals surface area contributed by atoms with Crippen LogP contribution in [0.2, 0.25) is 0 Å². The minimum atomic E-state index is -0.139. The standard InChI is InChI=1S/C14H16N4O3/c19-14(13-8-16-10-21-13)18-5-6-20-9-12(18)2-1-11-7-15-3-4-17-11/h3-4,7-8,10,12H,1-2,5-6,9H2. The van der Waals surface area contributed by atoms with E-state index in [-0.39, 0.29) is 17.7 Å². The molecule has 0 aliphatic carbocycles. The number of carbonyl (C=O) groups excluding carboxylic acids is 1. The number of aromatic nitrogens is 3. The molecule has 2 aromatic rings. The lowest BCUT2D eigenvalue weighted by Crippen LogP contribution is -2.48. The van der Waals surface area contributed by atoms with Gasteiger partial charge in [0.2, 0.25) is 5.76 Å². The molecule has 1 unspecified atom stereocenters. The lowest BCUT2D eigenvalue weighted by Gasteiger charge is -2.35. The second kappa shape index (κ2) is 6.45. The van der Waals surface area contributed by atoms with Gasteiger partial charge in [-0.2, -0.15) is 0 Å². The molecule has 0 radical (unpaired) electrons. The number of amides is 1. The highest BCUT2D eigenvalue weighted by Crippen LogP contribution is 2.16. The van der Waals surface area contributed by atoms with Gasteiger partial charge in [0.15, 0.2) is 6.39 Å². The number of oxazole rings is 1. The summed E-state index contributed by atoms with van der Waals surface area (Å²) in [4.78, 5) is 26.3. The van der Waals surface area contributed by atoms with Gasteiger partial charge in [-0.05, 0) is 12.8 Å². The maximum absolute atomic E-state index is 12.4. The van der Waals surface area contributed by atoms with Gasteiger partial charge in [0.1, 0.15) is 0 Å². The molecular weight excluding hydrogens is 272 g/mol. The van der Waals surface area contributed by atoms with Crippen molar-refractivity contribution in [1.82, 2.24) is 19.9 Å². The van der Waals surface area contributed by atoms with Crippen LogP contribution >= 0.6 is 0 Å². The van der Waals surface area contributed by atoms with Crippen molar-refractivity contribution >= 4 is 5.91 Å². The van der Waals surface area contributed by atoms with Crippen LogP contribution in [0.4, 0.5) is 0 Å². The smallest absolute Gasteiger partial charge is 0.291 e. The number of hydrogen-bond acceptors (Lipinski definition) is 6. The number of rotatable bonds is 4. The summed E-state index contributed by atoms with van der Waals surface area (Å²) < 4.78 is 10.6. The Balaban J connectivity index is 1.65. The Morgan fingerprint density at radius 1 is 1.33 bits per heavy atom. The van der Waals surface area contributed by atoms with E-state index in [2.05, 4.69) is 15.0 Å². The third kappa shape index (κ3) is 3.25. The molecular formula is C14H16N4O3. The van der Waals surface area contributed by atoms with E-state index < -0.39 is 0 Å². The van der Waals surface area contributed by atoms with E-state index in [0.29, 0.717) is 19.8 Å². The van der Waals surface area contributed by atoms with Gasteiger partial charge in [-0.15, -0.1) is 0 Å². The van der Waals surface area contributed by atoms with Gasteiger partial charge >= 0.3 is 0 Å². The molecule has 7 nitrogen and oxygen atoms in total. The zero-order chi connectivity index (χ0) is 14.5. The number of morpholine rings is 1. The van der Waals surface area contributed by atoms with Gasteiger partial charge in [-0.3, -0.25) is 14.8 Å². The number of nitrogens with zero attached hydrogens (tertiary/aromatic N) is 4. The summed E-state index contributed by atoms with van der Waals surface area (Å²) >= 11 is 0. The minimum Gasteiger partial charge on any atom is -0.438 e. The van der Waals surface area contributed by atoms with Crippen LogP contribution in [0.5, 0.6) is 0 Å². The summed E-state index contributed by atoms with van der Waals surface area (Å²) in [5.41, 5.74) is 0.912. The SMILES string of the molecule is O=C(c1cnco1)N1CCOCC1CCc1cnccn1. The molecule has 0 saturated carbocycles. The first-order valence-corrected chi connectivity index (χ1v) is 6.86. The van der Waals surface area contributed by atoms with Gasteiger partial charge in [0.25, 0.3) is 5.91 Å². The Hall–Kier alpha value is -2.28. The molecule has 21 heavy (non-hydrogen) atoms. The van der Waals surface area contributed by atoms with Gasteiger partial charge in [-0.25, -0.2) is 4.98 Å². The highest BCUT2D eigenvalue weighted by Gasteiger charge is 2.29. The zero-order valence-corrected chi connectivity index (χ0v) is 11.5. The first-order valence-electron chi connectivity index (χ1n) is 6.86. The summed E-state index contributed by atoms with van der Waals surface area (Å²) in [6.45, 7) is 1.63. The first kappa shape index (κ1) is 13.7. The van der Waals surface area contributed by atoms with Crippen LogP contribution in [-0.4, -0.2) is 51.6 Å². The topological polar surface area (TPSA) is 81.4 Å². The summed E-state index contributed by atoms with van der Waals surface area (Å²) in [6.07, 6.45) is 9.30. The van der Waals surface area contributed by atoms with Crippen LogP contribution in [0.25, 0.3) is 0 Å². The van der Waals surface area contributed by atoms with E-state index in [1.54, 1.807) is 23.5 Å². The van der Waals surface area contributed by atoms with Crippen molar-refractivity contribution in [3.63, 3.8) is 0 Å². The molecule has 1 fully saturated rings. The average Bonchev–Trinajstić information content (AvgIpc) is 3.08. The summed E-state index contributed by atoms with van der Waals surface area (Å²) in [6, 6.07) is 0.0124. The summed E-state index contributed by atoms with van der Waals surface area (Å²) in [7, 11) is 0. The lowest BCUT2D eigenvalue weighted by molar-refractivity contribution is -0.00565. The molecule has 7 heteroatoms. The molecule has 0 aromatic carbocycles. The van der Waals surface area contributed by atoms with E-state index in [9.17, 15) is 4.79 Å². The van der Waals surface area contributed by atoms with Crippen molar-refractivity contribution in [3.05, 3.63) is 42.6 Å². The fourth-order valence-corrected chi connectivity index (χ4v) is 2.40. The molecule has 0 bridgehead atoms. The predicted molar refractivity (Wildman–Crippen MR) is 72.5 cm³/mol. The van der Waals surface area contributed by atoms with Crippen LogP contribution in [-0.2, 0) is 11.2 Å². The van der Waals surface area contributed by atoms with Gasteiger partial charge < -0.3 is 14.1 Å². The Morgan fingerprint density at radius 2 is 2.29 bits per heavy atom. The Bertz CT molecular complexity index is 573. The van der Waals surface area contributed by atoms with Crippen LogP contribution in [0.3, 0.4) is 0 Å². The summed E-state index contributed by atoms with van der Waals surface area (Å²) in [5, 5.41) is 0. The highest BCUT2D eigenvalue weighted by molar-refractivity contribution is 5.91. The van der Waals surface area contributed by atoms with E-state index in [1.807, 2.05) is 0 Å². The van der Waals surface area contributed by atoms with Crippen LogP contribution in [0.15, 0.2) is 35.6 Å². The molecule has 1 atom stereocenters. The number of aryl methyl sites for hydroxylation is 1. The molecule has 0 N–H and O–H groups in total. The van der Waals surface area contributed by atoms with E-state index >= 15 is 0 Å². The largest absolute Gasteiger partial charge is 0.438 e. The fraction of sp³-hybridized carbons (Fsp3) is 0.429. The van der Waals surface area contributed by atoms with Gasteiger partial charge in [0.05, 0.1) is 31.1 Å². The van der Waals surface area contributed by atoms with Gasteiger partial charge in [-0.1, -0.05) is 0 Å². The second-order valence-electron chi connectivity index (χ2n) is 4.83. The maximum atomic E-state index is 12.4. The monoisotopic (exact) mass is 288 g/mol. The van der Waals surface area contributed by atoms with Crippen molar-refractivity contribution in [1.29, 1.82) is 0 Å². The quantitative estimate of drug-likeness (QED) is 0.832. The van der Waals surface area contributed by atoms with Crippen LogP contribution in [0, 0.1) is 0 Å². The molecule has 1 aliphatic rings. The molecule has 1 saturated heterocycles. The lowest BCUT2D eigenvalue weighted by atomic mass is 10.1. The third-order valence-corrected chi connectivity index (χ3v) is 3.48. The molecule has 3 heterocycles. The Kier molecular flexibility index (Phi) is 4.20. The molecule has 1 aliphatic heterocycles. The van der Waals surface area contributed by atoms with Crippen molar-refractivity contribution in [2.45, 2.75) is 18.9 Å². The minimum absolute atomic E-state index is 0.0124. The van der Waals surface area contributed by atoms with E-state index in [4.69, 9.17) is 9.15 Å². The average molecular weight is 288 g/mol. The first-order chi connectivity index (χ1) is 10.3. The summed E-state index contributed by atoms with van der Waals surface area (Å²) in [5.74, 6) is 0.126. The van der Waals surface area contributed by atoms with Crippen molar-refractivity contribution in [2.75, 3.05) is 19.8 Å². The van der Waals surface area contributed by atoms with Crippen molar-refractivity contribution in [2.24, 2.45) is 0 Å². The Labute approximate surface area is 122 Å². The van der Waals surface area contributed by atoms with E-state index in [0.717, 1.165) is 18.5 Å². The van der Waals surface area contributed by atoms with Crippen LogP contribution < -0.4 is 0 Å². The van der Waals surface area contributed by atoms with Crippen LogP contribution in [0.1, 0.15) is 22.7 Å².